The Hall–Kier alpha value is -2.86. The van der Waals surface area contributed by atoms with Gasteiger partial charge in [-0.25, -0.2) is 9.59 Å². The second-order valence-corrected chi connectivity index (χ2v) is 5.34. The Kier molecular flexibility index (Phi) is 8.15. The number of benzene rings is 1. The zero-order valence-electron chi connectivity index (χ0n) is 13.7. The Balaban J connectivity index is 3.24. The van der Waals surface area contributed by atoms with Crippen molar-refractivity contribution in [1.29, 1.82) is 5.26 Å². The number of esters is 2. The average Bonchev–Trinajstić information content (AvgIpc) is 2.58. The molecule has 0 saturated heterocycles. The monoisotopic (exact) mass is 408 g/mol. The van der Waals surface area contributed by atoms with Gasteiger partial charge in [0.15, 0.2) is 11.3 Å². The zero-order valence-corrected chi connectivity index (χ0v) is 15.3. The number of hydrogen-bond donors (Lipinski definition) is 2. The standard InChI is InChI=1S/C16H17BrN4O4/c1-3-24-15(22)12(9-18)13(19)14(16(23)25-4-2)21-20-11-7-5-10(17)6-8-11/h5-8,20H,3-4,19H2,1-2H3/b13-12-,21-14+. The molecule has 0 atom stereocenters. The van der Waals surface area contributed by atoms with Crippen LogP contribution in [0.2, 0.25) is 0 Å². The van der Waals surface area contributed by atoms with Gasteiger partial charge in [-0.15, -0.1) is 0 Å². The van der Waals surface area contributed by atoms with Gasteiger partial charge < -0.3 is 15.2 Å². The summed E-state index contributed by atoms with van der Waals surface area (Å²) in [6.07, 6.45) is 0. The Bertz CT molecular complexity index is 735. The Morgan fingerprint density at radius 3 is 2.28 bits per heavy atom. The molecule has 0 spiro atoms. The number of ether oxygens (including phenoxy) is 2. The summed E-state index contributed by atoms with van der Waals surface area (Å²) in [5.74, 6) is -1.81. The first-order valence-corrected chi connectivity index (χ1v) is 8.07. The first kappa shape index (κ1) is 20.2. The molecule has 0 heterocycles. The maximum atomic E-state index is 12.1. The summed E-state index contributed by atoms with van der Waals surface area (Å²) in [4.78, 5) is 23.9. The van der Waals surface area contributed by atoms with Crippen LogP contribution in [0.15, 0.2) is 45.1 Å². The predicted molar refractivity (Wildman–Crippen MR) is 95.3 cm³/mol. The number of rotatable bonds is 7. The van der Waals surface area contributed by atoms with Gasteiger partial charge in [0, 0.05) is 4.47 Å². The number of nitrogens with one attached hydrogen (secondary N) is 1. The van der Waals surface area contributed by atoms with E-state index in [1.807, 2.05) is 0 Å². The molecule has 0 amide bonds. The molecule has 8 nitrogen and oxygen atoms in total. The number of hydrazone groups is 1. The smallest absolute Gasteiger partial charge is 0.360 e. The summed E-state index contributed by atoms with van der Waals surface area (Å²) >= 11 is 3.30. The number of nitriles is 1. The minimum atomic E-state index is -0.942. The lowest BCUT2D eigenvalue weighted by atomic mass is 10.1. The maximum Gasteiger partial charge on any atom is 0.360 e. The quantitative estimate of drug-likeness (QED) is 0.232. The molecular weight excluding hydrogens is 392 g/mol. The molecule has 0 radical (unpaired) electrons. The highest BCUT2D eigenvalue weighted by Crippen LogP contribution is 2.14. The van der Waals surface area contributed by atoms with E-state index in [0.29, 0.717) is 5.69 Å². The third-order valence-corrected chi connectivity index (χ3v) is 3.25. The number of anilines is 1. The minimum absolute atomic E-state index is 0.0559. The van der Waals surface area contributed by atoms with E-state index in [-0.39, 0.29) is 13.2 Å². The van der Waals surface area contributed by atoms with Gasteiger partial charge in [-0.3, -0.25) is 5.43 Å². The van der Waals surface area contributed by atoms with E-state index in [1.54, 1.807) is 44.2 Å². The molecule has 0 aliphatic heterocycles. The van der Waals surface area contributed by atoms with Crippen LogP contribution in [0.3, 0.4) is 0 Å². The average molecular weight is 409 g/mol. The van der Waals surface area contributed by atoms with Crippen LogP contribution < -0.4 is 11.2 Å². The Labute approximate surface area is 153 Å². The van der Waals surface area contributed by atoms with Crippen LogP contribution in [-0.2, 0) is 19.1 Å². The van der Waals surface area contributed by atoms with E-state index in [1.165, 1.54) is 0 Å². The molecule has 1 aromatic rings. The highest BCUT2D eigenvalue weighted by Gasteiger charge is 2.24. The van der Waals surface area contributed by atoms with Crippen LogP contribution in [0.5, 0.6) is 0 Å². The van der Waals surface area contributed by atoms with Gasteiger partial charge in [0.05, 0.1) is 24.6 Å². The topological polar surface area (TPSA) is 127 Å². The normalized spacial score (nSPS) is 11.8. The molecule has 0 bridgehead atoms. The molecule has 3 N–H and O–H groups in total. The lowest BCUT2D eigenvalue weighted by Gasteiger charge is -2.09. The number of carbonyl (C=O) groups is 2. The SMILES string of the molecule is CCOC(=O)/C(C#N)=C(N)/C(=N\Nc1ccc(Br)cc1)C(=O)OCC. The second kappa shape index (κ2) is 10.1. The summed E-state index contributed by atoms with van der Waals surface area (Å²) in [5.41, 5.74) is 7.65. The Morgan fingerprint density at radius 2 is 1.76 bits per heavy atom. The van der Waals surface area contributed by atoms with E-state index in [2.05, 4.69) is 26.5 Å². The highest BCUT2D eigenvalue weighted by atomic mass is 79.9. The van der Waals surface area contributed by atoms with E-state index in [4.69, 9.17) is 20.5 Å². The summed E-state index contributed by atoms with van der Waals surface area (Å²) in [7, 11) is 0. The molecular formula is C16H17BrN4O4. The van der Waals surface area contributed by atoms with Crippen LogP contribution in [0.1, 0.15) is 13.8 Å². The fourth-order valence-electron chi connectivity index (χ4n) is 1.60. The summed E-state index contributed by atoms with van der Waals surface area (Å²) in [5, 5.41) is 13.0. The molecule has 0 aliphatic rings. The molecule has 25 heavy (non-hydrogen) atoms. The number of carbonyl (C=O) groups excluding carboxylic acids is 2. The van der Waals surface area contributed by atoms with E-state index < -0.39 is 28.9 Å². The summed E-state index contributed by atoms with van der Waals surface area (Å²) in [6, 6.07) is 8.56. The zero-order chi connectivity index (χ0) is 18.8. The van der Waals surface area contributed by atoms with E-state index in [0.717, 1.165) is 4.47 Å². The van der Waals surface area contributed by atoms with Gasteiger partial charge in [-0.05, 0) is 38.1 Å². The van der Waals surface area contributed by atoms with Gasteiger partial charge in [0.1, 0.15) is 6.07 Å². The van der Waals surface area contributed by atoms with Crippen molar-refractivity contribution in [2.24, 2.45) is 10.8 Å². The van der Waals surface area contributed by atoms with Crippen LogP contribution in [0.25, 0.3) is 0 Å². The number of halogens is 1. The molecule has 0 aliphatic carbocycles. The Morgan fingerprint density at radius 1 is 1.20 bits per heavy atom. The van der Waals surface area contributed by atoms with Crippen molar-refractivity contribution in [2.45, 2.75) is 13.8 Å². The van der Waals surface area contributed by atoms with Crippen LogP contribution in [0.4, 0.5) is 5.69 Å². The van der Waals surface area contributed by atoms with E-state index in [9.17, 15) is 9.59 Å². The molecule has 1 rings (SSSR count). The molecule has 0 aromatic heterocycles. The highest BCUT2D eigenvalue weighted by molar-refractivity contribution is 9.10. The van der Waals surface area contributed by atoms with Crippen molar-refractivity contribution in [3.8, 4) is 6.07 Å². The van der Waals surface area contributed by atoms with Crippen LogP contribution >= 0.6 is 15.9 Å². The predicted octanol–water partition coefficient (Wildman–Crippen LogP) is 2.08. The summed E-state index contributed by atoms with van der Waals surface area (Å²) < 4.78 is 10.5. The van der Waals surface area contributed by atoms with Gasteiger partial charge >= 0.3 is 11.9 Å². The summed E-state index contributed by atoms with van der Waals surface area (Å²) in [6.45, 7) is 3.32. The van der Waals surface area contributed by atoms with Crippen molar-refractivity contribution >= 4 is 39.3 Å². The van der Waals surface area contributed by atoms with Crippen molar-refractivity contribution in [3.63, 3.8) is 0 Å². The second-order valence-electron chi connectivity index (χ2n) is 4.42. The maximum absolute atomic E-state index is 12.1. The molecule has 9 heteroatoms. The minimum Gasteiger partial charge on any atom is -0.462 e. The molecule has 132 valence electrons. The first-order valence-electron chi connectivity index (χ1n) is 7.28. The van der Waals surface area contributed by atoms with Crippen molar-refractivity contribution in [3.05, 3.63) is 40.0 Å². The van der Waals surface area contributed by atoms with Gasteiger partial charge in [-0.2, -0.15) is 10.4 Å². The third-order valence-electron chi connectivity index (χ3n) is 2.73. The molecule has 0 saturated carbocycles. The molecule has 1 aromatic carbocycles. The fourth-order valence-corrected chi connectivity index (χ4v) is 1.86. The lowest BCUT2D eigenvalue weighted by molar-refractivity contribution is -0.138. The van der Waals surface area contributed by atoms with Crippen molar-refractivity contribution < 1.29 is 19.1 Å². The van der Waals surface area contributed by atoms with Gasteiger partial charge in [-0.1, -0.05) is 15.9 Å². The first-order chi connectivity index (χ1) is 11.9. The lowest BCUT2D eigenvalue weighted by Crippen LogP contribution is -2.28. The van der Waals surface area contributed by atoms with Crippen molar-refractivity contribution in [1.82, 2.24) is 0 Å². The third kappa shape index (κ3) is 5.93. The van der Waals surface area contributed by atoms with E-state index >= 15 is 0 Å². The number of hydrogen-bond acceptors (Lipinski definition) is 8. The molecule has 0 unspecified atom stereocenters. The van der Waals surface area contributed by atoms with Gasteiger partial charge in [0.2, 0.25) is 0 Å². The number of nitrogens with two attached hydrogens (primary N) is 1. The largest absolute Gasteiger partial charge is 0.462 e. The fraction of sp³-hybridized carbons (Fsp3) is 0.250. The molecule has 0 fully saturated rings. The van der Waals surface area contributed by atoms with Crippen molar-refractivity contribution in [2.75, 3.05) is 18.6 Å². The number of nitrogens with zero attached hydrogens (tertiary/aromatic N) is 2. The van der Waals surface area contributed by atoms with Crippen LogP contribution in [-0.4, -0.2) is 30.9 Å². The van der Waals surface area contributed by atoms with Crippen LogP contribution in [0, 0.1) is 11.3 Å². The van der Waals surface area contributed by atoms with Gasteiger partial charge in [0.25, 0.3) is 0 Å².